The fraction of sp³-hybridized carbons (Fsp3) is 0.708. The number of rotatable bonds is 7. The molecule has 0 N–H and O–H groups in total. The quantitative estimate of drug-likeness (QED) is 0.442. The summed E-state index contributed by atoms with van der Waals surface area (Å²) in [5, 5.41) is 1.21. The van der Waals surface area contributed by atoms with E-state index >= 15 is 0 Å². The van der Waals surface area contributed by atoms with E-state index in [1.165, 1.54) is 22.7 Å². The fourth-order valence-corrected chi connectivity index (χ4v) is 5.98. The standard InChI is InChI=1S/C24H39N3O3Si/c1-18-15-24(29-11-12-30-24)9-7-21(18)26(3)22-19(2)16-25-23-20(22)8-10-27(23)17-28-13-14-31(4,5)6/h8,10,16,18,21H,7,9,11-15,17H2,1-6H3. The van der Waals surface area contributed by atoms with Crippen molar-refractivity contribution in [3.8, 4) is 0 Å². The SMILES string of the molecule is Cc1cnc2c(ccn2COCC[Si](C)(C)C)c1N(C)C1CCC2(CC1C)OCCO2. The Bertz CT molecular complexity index is 901. The van der Waals surface area contributed by atoms with Crippen molar-refractivity contribution in [1.29, 1.82) is 0 Å². The van der Waals surface area contributed by atoms with Gasteiger partial charge in [0.25, 0.3) is 0 Å². The van der Waals surface area contributed by atoms with Crippen molar-refractivity contribution in [2.24, 2.45) is 5.92 Å². The molecule has 2 fully saturated rings. The molecule has 2 aliphatic rings. The molecular weight excluding hydrogens is 406 g/mol. The lowest BCUT2D eigenvalue weighted by molar-refractivity contribution is -0.187. The maximum atomic E-state index is 6.00. The highest BCUT2D eigenvalue weighted by Gasteiger charge is 2.44. The van der Waals surface area contributed by atoms with E-state index in [9.17, 15) is 0 Å². The van der Waals surface area contributed by atoms with Gasteiger partial charge in [-0.1, -0.05) is 26.6 Å². The van der Waals surface area contributed by atoms with Crippen LogP contribution in [0.1, 0.15) is 31.7 Å². The van der Waals surface area contributed by atoms with Gasteiger partial charge in [-0.15, -0.1) is 0 Å². The average Bonchev–Trinajstić information content (AvgIpc) is 3.31. The summed E-state index contributed by atoms with van der Waals surface area (Å²) in [6.45, 7) is 14.5. The predicted molar refractivity (Wildman–Crippen MR) is 128 cm³/mol. The molecular formula is C24H39N3O3Si. The molecule has 1 aliphatic carbocycles. The van der Waals surface area contributed by atoms with E-state index in [1.54, 1.807) is 0 Å². The zero-order valence-corrected chi connectivity index (χ0v) is 21.1. The highest BCUT2D eigenvalue weighted by molar-refractivity contribution is 6.76. The molecule has 1 spiro atoms. The molecule has 0 radical (unpaired) electrons. The molecule has 0 amide bonds. The molecule has 2 atom stereocenters. The zero-order valence-electron chi connectivity index (χ0n) is 20.1. The Morgan fingerprint density at radius 2 is 2.03 bits per heavy atom. The second-order valence-electron chi connectivity index (χ2n) is 10.7. The van der Waals surface area contributed by atoms with Gasteiger partial charge in [-0.2, -0.15) is 0 Å². The van der Waals surface area contributed by atoms with Crippen LogP contribution in [0.2, 0.25) is 25.7 Å². The predicted octanol–water partition coefficient (Wildman–Crippen LogP) is 5.02. The van der Waals surface area contributed by atoms with Crippen LogP contribution in [0, 0.1) is 12.8 Å². The molecule has 2 unspecified atom stereocenters. The summed E-state index contributed by atoms with van der Waals surface area (Å²) >= 11 is 0. The first-order valence-corrected chi connectivity index (χ1v) is 15.4. The largest absolute Gasteiger partial charge is 0.370 e. The van der Waals surface area contributed by atoms with Gasteiger partial charge in [0.2, 0.25) is 0 Å². The summed E-state index contributed by atoms with van der Waals surface area (Å²) in [5.74, 6) is 0.155. The molecule has 0 bridgehead atoms. The molecule has 31 heavy (non-hydrogen) atoms. The van der Waals surface area contributed by atoms with Gasteiger partial charge >= 0.3 is 0 Å². The Morgan fingerprint density at radius 1 is 1.29 bits per heavy atom. The minimum atomic E-state index is -1.08. The van der Waals surface area contributed by atoms with Crippen molar-refractivity contribution < 1.29 is 14.2 Å². The van der Waals surface area contributed by atoms with Crippen LogP contribution < -0.4 is 4.90 Å². The number of hydrogen-bond acceptors (Lipinski definition) is 5. The van der Waals surface area contributed by atoms with E-state index in [2.05, 4.69) is 62.3 Å². The minimum absolute atomic E-state index is 0.337. The van der Waals surface area contributed by atoms with Crippen LogP contribution in [0.15, 0.2) is 18.5 Å². The molecule has 172 valence electrons. The molecule has 1 saturated carbocycles. The van der Waals surface area contributed by atoms with E-state index in [0.29, 0.717) is 18.7 Å². The third-order valence-electron chi connectivity index (χ3n) is 6.94. The molecule has 4 rings (SSSR count). The van der Waals surface area contributed by atoms with Crippen molar-refractivity contribution in [2.75, 3.05) is 31.8 Å². The summed E-state index contributed by atoms with van der Waals surface area (Å²) in [6, 6.07) is 3.83. The average molecular weight is 446 g/mol. The van der Waals surface area contributed by atoms with Crippen LogP contribution in [0.4, 0.5) is 5.69 Å². The Labute approximate surface area is 187 Å². The smallest absolute Gasteiger partial charge is 0.168 e. The van der Waals surface area contributed by atoms with Gasteiger partial charge in [-0.05, 0) is 36.9 Å². The van der Waals surface area contributed by atoms with Gasteiger partial charge in [0.15, 0.2) is 5.79 Å². The van der Waals surface area contributed by atoms with Gasteiger partial charge in [-0.3, -0.25) is 0 Å². The minimum Gasteiger partial charge on any atom is -0.370 e. The Hall–Kier alpha value is -1.41. The van der Waals surface area contributed by atoms with Crippen molar-refractivity contribution in [3.05, 3.63) is 24.0 Å². The monoisotopic (exact) mass is 445 g/mol. The van der Waals surface area contributed by atoms with Crippen molar-refractivity contribution in [1.82, 2.24) is 9.55 Å². The topological polar surface area (TPSA) is 48.8 Å². The van der Waals surface area contributed by atoms with Gasteiger partial charge in [0.05, 0.1) is 18.9 Å². The zero-order chi connectivity index (χ0) is 22.2. The summed E-state index contributed by atoms with van der Waals surface area (Å²) in [4.78, 5) is 7.23. The molecule has 0 aromatic carbocycles. The number of anilines is 1. The van der Waals surface area contributed by atoms with Crippen molar-refractivity contribution in [2.45, 2.75) is 77.4 Å². The van der Waals surface area contributed by atoms with Gasteiger partial charge in [0.1, 0.15) is 12.4 Å². The maximum Gasteiger partial charge on any atom is 0.168 e. The molecule has 2 aromatic rings. The van der Waals surface area contributed by atoms with Crippen LogP contribution in [0.3, 0.4) is 0 Å². The number of ether oxygens (including phenoxy) is 3. The maximum absolute atomic E-state index is 6.00. The molecule has 1 aliphatic heterocycles. The highest BCUT2D eigenvalue weighted by atomic mass is 28.3. The number of aryl methyl sites for hydroxylation is 1. The Balaban J connectivity index is 1.50. The van der Waals surface area contributed by atoms with E-state index in [4.69, 9.17) is 19.2 Å². The number of pyridine rings is 1. The van der Waals surface area contributed by atoms with Gasteiger partial charge in [-0.25, -0.2) is 4.98 Å². The summed E-state index contributed by atoms with van der Waals surface area (Å²) < 4.78 is 20.1. The lowest BCUT2D eigenvalue weighted by Gasteiger charge is -2.44. The van der Waals surface area contributed by atoms with Crippen LogP contribution >= 0.6 is 0 Å². The summed E-state index contributed by atoms with van der Waals surface area (Å²) in [6.07, 6.45) is 7.11. The third kappa shape index (κ3) is 4.84. The molecule has 6 nitrogen and oxygen atoms in total. The first kappa shape index (κ1) is 22.8. The molecule has 1 saturated heterocycles. The lowest BCUT2D eigenvalue weighted by Crippen LogP contribution is -2.48. The molecule has 7 heteroatoms. The van der Waals surface area contributed by atoms with E-state index < -0.39 is 8.07 Å². The van der Waals surface area contributed by atoms with Crippen LogP contribution in [0.25, 0.3) is 11.0 Å². The van der Waals surface area contributed by atoms with E-state index in [-0.39, 0.29) is 5.79 Å². The second kappa shape index (κ2) is 8.85. The first-order chi connectivity index (χ1) is 14.7. The first-order valence-electron chi connectivity index (χ1n) is 11.7. The van der Waals surface area contributed by atoms with Gasteiger partial charge in [0, 0.05) is 58.4 Å². The number of nitrogens with zero attached hydrogens (tertiary/aromatic N) is 3. The summed E-state index contributed by atoms with van der Waals surface area (Å²) in [5.41, 5.74) is 3.50. The fourth-order valence-electron chi connectivity index (χ4n) is 5.22. The summed E-state index contributed by atoms with van der Waals surface area (Å²) in [7, 11) is 1.16. The third-order valence-corrected chi connectivity index (χ3v) is 8.65. The molecule has 3 heterocycles. The van der Waals surface area contributed by atoms with Crippen molar-refractivity contribution in [3.63, 3.8) is 0 Å². The normalized spacial score (nSPS) is 23.7. The number of fused-ring (bicyclic) bond motifs is 1. The van der Waals surface area contributed by atoms with E-state index in [1.807, 2.05) is 6.20 Å². The van der Waals surface area contributed by atoms with Crippen LogP contribution in [-0.4, -0.2) is 56.3 Å². The van der Waals surface area contributed by atoms with Crippen LogP contribution in [0.5, 0.6) is 0 Å². The van der Waals surface area contributed by atoms with E-state index in [0.717, 1.165) is 44.7 Å². The van der Waals surface area contributed by atoms with Gasteiger partial charge < -0.3 is 23.7 Å². The number of aromatic nitrogens is 2. The Morgan fingerprint density at radius 3 is 2.71 bits per heavy atom. The highest BCUT2D eigenvalue weighted by Crippen LogP contribution is 2.42. The lowest BCUT2D eigenvalue weighted by atomic mass is 9.80. The molecule has 2 aromatic heterocycles. The number of hydrogen-bond donors (Lipinski definition) is 0. The Kier molecular flexibility index (Phi) is 6.50. The van der Waals surface area contributed by atoms with Crippen molar-refractivity contribution >= 4 is 24.8 Å². The second-order valence-corrected chi connectivity index (χ2v) is 16.3. The van der Waals surface area contributed by atoms with Crippen LogP contribution in [-0.2, 0) is 20.9 Å².